The summed E-state index contributed by atoms with van der Waals surface area (Å²) in [5.74, 6) is 1.39. The summed E-state index contributed by atoms with van der Waals surface area (Å²) in [7, 11) is 3.26. The van der Waals surface area contributed by atoms with E-state index in [9.17, 15) is 5.26 Å². The van der Waals surface area contributed by atoms with Crippen molar-refractivity contribution in [2.75, 3.05) is 14.2 Å². The second-order valence-electron chi connectivity index (χ2n) is 6.42. The third-order valence-electron chi connectivity index (χ3n) is 4.98. The molecule has 0 saturated heterocycles. The Morgan fingerprint density at radius 3 is 1.96 bits per heavy atom. The number of hydrogen-bond donors (Lipinski definition) is 0. The highest BCUT2D eigenvalue weighted by Crippen LogP contribution is 2.35. The normalized spacial score (nSPS) is 10.7. The van der Waals surface area contributed by atoms with Crippen molar-refractivity contribution in [2.24, 2.45) is 0 Å². The largest absolute Gasteiger partial charge is 0.493 e. The van der Waals surface area contributed by atoms with Crippen LogP contribution in [0.4, 0.5) is 0 Å². The Bertz CT molecular complexity index is 1190. The molecular weight excluding hydrogens is 334 g/mol. The maximum Gasteiger partial charge on any atom is 0.160 e. The van der Waals surface area contributed by atoms with E-state index in [1.807, 2.05) is 48.5 Å². The minimum atomic E-state index is 0.647. The molecule has 4 rings (SSSR count). The van der Waals surface area contributed by atoms with Gasteiger partial charge in [-0.25, -0.2) is 0 Å². The van der Waals surface area contributed by atoms with Crippen molar-refractivity contribution in [3.63, 3.8) is 0 Å². The highest BCUT2D eigenvalue weighted by Gasteiger charge is 2.15. The molecule has 27 heavy (non-hydrogen) atoms. The molecule has 0 aliphatic carbocycles. The van der Waals surface area contributed by atoms with Crippen LogP contribution in [0.15, 0.2) is 66.7 Å². The van der Waals surface area contributed by atoms with E-state index in [4.69, 9.17) is 9.47 Å². The van der Waals surface area contributed by atoms with Crippen LogP contribution in [0.3, 0.4) is 0 Å². The molecule has 0 spiro atoms. The second kappa shape index (κ2) is 7.01. The lowest BCUT2D eigenvalue weighted by Gasteiger charge is -2.15. The van der Waals surface area contributed by atoms with Gasteiger partial charge in [-0.2, -0.15) is 5.26 Å². The van der Waals surface area contributed by atoms with Gasteiger partial charge in [-0.3, -0.25) is 0 Å². The summed E-state index contributed by atoms with van der Waals surface area (Å²) in [4.78, 5) is 0. The first-order valence-electron chi connectivity index (χ1n) is 8.80. The summed E-state index contributed by atoms with van der Waals surface area (Å²) in [6, 6.07) is 24.7. The number of nitrogens with zero attached hydrogens (tertiary/aromatic N) is 1. The number of hydrogen-bond acceptors (Lipinski definition) is 3. The zero-order valence-electron chi connectivity index (χ0n) is 15.3. The van der Waals surface area contributed by atoms with Crippen LogP contribution in [0.1, 0.15) is 16.7 Å². The molecule has 0 bridgehead atoms. The maximum absolute atomic E-state index is 9.94. The van der Waals surface area contributed by atoms with Crippen LogP contribution in [0.25, 0.3) is 21.5 Å². The maximum atomic E-state index is 9.94. The van der Waals surface area contributed by atoms with Gasteiger partial charge >= 0.3 is 0 Å². The van der Waals surface area contributed by atoms with Crippen LogP contribution < -0.4 is 9.47 Å². The molecule has 3 nitrogen and oxygen atoms in total. The van der Waals surface area contributed by atoms with E-state index in [0.29, 0.717) is 17.9 Å². The van der Waals surface area contributed by atoms with Crippen molar-refractivity contribution < 1.29 is 9.47 Å². The Kier molecular flexibility index (Phi) is 4.40. The zero-order valence-corrected chi connectivity index (χ0v) is 15.3. The predicted octanol–water partition coefficient (Wildman–Crippen LogP) is 5.47. The van der Waals surface area contributed by atoms with Crippen LogP contribution in [0.2, 0.25) is 0 Å². The van der Waals surface area contributed by atoms with E-state index in [1.54, 1.807) is 14.2 Å². The third kappa shape index (κ3) is 2.86. The van der Waals surface area contributed by atoms with Crippen LogP contribution in [-0.2, 0) is 6.42 Å². The molecule has 0 N–H and O–H groups in total. The molecule has 4 aromatic rings. The predicted molar refractivity (Wildman–Crippen MR) is 109 cm³/mol. The summed E-state index contributed by atoms with van der Waals surface area (Å²) >= 11 is 0. The summed E-state index contributed by atoms with van der Waals surface area (Å²) in [6.45, 7) is 0. The van der Waals surface area contributed by atoms with Crippen molar-refractivity contribution >= 4 is 21.5 Å². The van der Waals surface area contributed by atoms with Crippen molar-refractivity contribution in [1.29, 1.82) is 5.26 Å². The van der Waals surface area contributed by atoms with Gasteiger partial charge in [0.25, 0.3) is 0 Å². The summed E-state index contributed by atoms with van der Waals surface area (Å²) in [5.41, 5.74) is 2.85. The van der Waals surface area contributed by atoms with E-state index in [2.05, 4.69) is 24.3 Å². The molecule has 4 aromatic carbocycles. The number of nitriles is 1. The highest BCUT2D eigenvalue weighted by atomic mass is 16.5. The second-order valence-corrected chi connectivity index (χ2v) is 6.42. The Hall–Kier alpha value is -3.51. The van der Waals surface area contributed by atoms with Gasteiger partial charge < -0.3 is 9.47 Å². The molecule has 0 radical (unpaired) electrons. The Morgan fingerprint density at radius 2 is 1.33 bits per heavy atom. The SMILES string of the molecule is COc1ccc(Cc2c(C#N)c3ccccc3c3ccccc23)cc1OC. The number of rotatable bonds is 4. The van der Waals surface area contributed by atoms with Crippen molar-refractivity contribution in [3.8, 4) is 17.6 Å². The first-order chi connectivity index (χ1) is 13.3. The monoisotopic (exact) mass is 353 g/mol. The molecule has 3 heteroatoms. The molecule has 0 atom stereocenters. The van der Waals surface area contributed by atoms with Crippen molar-refractivity contribution in [1.82, 2.24) is 0 Å². The van der Waals surface area contributed by atoms with E-state index >= 15 is 0 Å². The van der Waals surface area contributed by atoms with E-state index in [-0.39, 0.29) is 0 Å². The fraction of sp³-hybridized carbons (Fsp3) is 0.125. The minimum absolute atomic E-state index is 0.647. The molecule has 0 aromatic heterocycles. The summed E-state index contributed by atoms with van der Waals surface area (Å²) in [6.07, 6.45) is 0.647. The van der Waals surface area contributed by atoms with E-state index in [1.165, 1.54) is 5.39 Å². The van der Waals surface area contributed by atoms with Crippen LogP contribution in [0.5, 0.6) is 11.5 Å². The van der Waals surface area contributed by atoms with Gasteiger partial charge in [-0.1, -0.05) is 54.6 Å². The van der Waals surface area contributed by atoms with Gasteiger partial charge in [0.1, 0.15) is 6.07 Å². The van der Waals surface area contributed by atoms with Crippen molar-refractivity contribution in [3.05, 3.63) is 83.4 Å². The van der Waals surface area contributed by atoms with Crippen molar-refractivity contribution in [2.45, 2.75) is 6.42 Å². The first-order valence-corrected chi connectivity index (χ1v) is 8.80. The topological polar surface area (TPSA) is 42.2 Å². The lowest BCUT2D eigenvalue weighted by atomic mass is 9.89. The number of methoxy groups -OCH3 is 2. The lowest BCUT2D eigenvalue weighted by molar-refractivity contribution is 0.354. The van der Waals surface area contributed by atoms with Gasteiger partial charge in [0.15, 0.2) is 11.5 Å². The molecule has 0 saturated carbocycles. The van der Waals surface area contributed by atoms with Crippen LogP contribution in [-0.4, -0.2) is 14.2 Å². The fourth-order valence-electron chi connectivity index (χ4n) is 3.72. The number of fused-ring (bicyclic) bond motifs is 3. The molecule has 0 heterocycles. The van der Waals surface area contributed by atoms with Gasteiger partial charge in [-0.05, 0) is 45.8 Å². The van der Waals surface area contributed by atoms with E-state index in [0.717, 1.165) is 32.8 Å². The smallest absolute Gasteiger partial charge is 0.160 e. The van der Waals surface area contributed by atoms with Crippen LogP contribution in [0, 0.1) is 11.3 Å². The van der Waals surface area contributed by atoms with Gasteiger partial charge in [-0.15, -0.1) is 0 Å². The van der Waals surface area contributed by atoms with Gasteiger partial charge in [0, 0.05) is 5.39 Å². The first kappa shape index (κ1) is 16.9. The van der Waals surface area contributed by atoms with Crippen LogP contribution >= 0.6 is 0 Å². The number of ether oxygens (including phenoxy) is 2. The Balaban J connectivity index is 1.97. The average Bonchev–Trinajstić information content (AvgIpc) is 2.74. The number of benzene rings is 4. The molecule has 0 unspecified atom stereocenters. The standard InChI is InChI=1S/C24H19NO2/c1-26-23-12-11-16(14-24(23)27-2)13-21-19-9-5-3-7-17(19)18-8-4-6-10-20(18)22(21)15-25/h3-12,14H,13H2,1-2H3. The third-order valence-corrected chi connectivity index (χ3v) is 4.98. The molecular formula is C24H19NO2. The molecule has 0 amide bonds. The summed E-state index contributed by atoms with van der Waals surface area (Å²) < 4.78 is 10.8. The quantitative estimate of drug-likeness (QED) is 0.457. The van der Waals surface area contributed by atoms with Gasteiger partial charge in [0.05, 0.1) is 19.8 Å². The minimum Gasteiger partial charge on any atom is -0.493 e. The molecule has 0 aliphatic heterocycles. The molecule has 0 aliphatic rings. The fourth-order valence-corrected chi connectivity index (χ4v) is 3.72. The van der Waals surface area contributed by atoms with Gasteiger partial charge in [0.2, 0.25) is 0 Å². The average molecular weight is 353 g/mol. The molecule has 0 fully saturated rings. The Labute approximate surface area is 158 Å². The Morgan fingerprint density at radius 1 is 0.741 bits per heavy atom. The van der Waals surface area contributed by atoms with E-state index < -0.39 is 0 Å². The highest BCUT2D eigenvalue weighted by molar-refractivity contribution is 6.11. The molecule has 132 valence electrons. The summed E-state index contributed by atoms with van der Waals surface area (Å²) in [5, 5.41) is 14.3. The lowest BCUT2D eigenvalue weighted by Crippen LogP contribution is -1.98. The zero-order chi connectivity index (χ0) is 18.8.